The molecule has 0 spiro atoms. The van der Waals surface area contributed by atoms with E-state index in [1.54, 1.807) is 12.1 Å². The number of imidazole rings is 1. The summed E-state index contributed by atoms with van der Waals surface area (Å²) in [6.07, 6.45) is 7.50. The molecule has 1 atom stereocenters. The number of ether oxygens (including phenoxy) is 1. The molecule has 4 heteroatoms. The van der Waals surface area contributed by atoms with Crippen LogP contribution in [0.2, 0.25) is 0 Å². The molecule has 3 aromatic rings. The van der Waals surface area contributed by atoms with Gasteiger partial charge in [-0.1, -0.05) is 18.2 Å². The molecule has 124 valence electrons. The fraction of sp³-hybridized carbons (Fsp3) is 0.350. The summed E-state index contributed by atoms with van der Waals surface area (Å²) in [6.45, 7) is 2.78. The summed E-state index contributed by atoms with van der Waals surface area (Å²) >= 11 is 0. The highest BCUT2D eigenvalue weighted by atomic mass is 16.5. The predicted octanol–water partition coefficient (Wildman–Crippen LogP) is 4.23. The molecule has 24 heavy (non-hydrogen) atoms. The lowest BCUT2D eigenvalue weighted by atomic mass is 9.98. The maximum absolute atomic E-state index is 9.59. The van der Waals surface area contributed by atoms with Crippen molar-refractivity contribution < 1.29 is 9.84 Å². The molecule has 0 amide bonds. The monoisotopic (exact) mass is 322 g/mol. The van der Waals surface area contributed by atoms with Crippen molar-refractivity contribution in [1.29, 1.82) is 0 Å². The van der Waals surface area contributed by atoms with E-state index in [0.717, 1.165) is 48.3 Å². The van der Waals surface area contributed by atoms with Gasteiger partial charge in [0, 0.05) is 37.7 Å². The third kappa shape index (κ3) is 3.15. The minimum absolute atomic E-state index is 0.298. The number of nitrogens with zero attached hydrogens (tertiary/aromatic N) is 2. The highest BCUT2D eigenvalue weighted by Crippen LogP contribution is 2.26. The highest BCUT2D eigenvalue weighted by Gasteiger charge is 2.15. The average molecular weight is 322 g/mol. The van der Waals surface area contributed by atoms with E-state index in [0.29, 0.717) is 11.7 Å². The Labute approximate surface area is 141 Å². The smallest absolute Gasteiger partial charge is 0.139 e. The number of rotatable bonds is 4. The van der Waals surface area contributed by atoms with Crippen LogP contribution < -0.4 is 0 Å². The van der Waals surface area contributed by atoms with Gasteiger partial charge in [-0.3, -0.25) is 0 Å². The zero-order valence-electron chi connectivity index (χ0n) is 13.7. The number of hydrogen-bond donors (Lipinski definition) is 1. The Balaban J connectivity index is 1.56. The van der Waals surface area contributed by atoms with Gasteiger partial charge < -0.3 is 14.4 Å². The molecule has 0 aliphatic carbocycles. The fourth-order valence-electron chi connectivity index (χ4n) is 3.48. The van der Waals surface area contributed by atoms with Crippen LogP contribution in [0.15, 0.2) is 48.8 Å². The van der Waals surface area contributed by atoms with E-state index in [4.69, 9.17) is 4.74 Å². The quantitative estimate of drug-likeness (QED) is 0.782. The van der Waals surface area contributed by atoms with Crippen molar-refractivity contribution in [1.82, 2.24) is 9.55 Å². The van der Waals surface area contributed by atoms with Gasteiger partial charge in [0.2, 0.25) is 0 Å². The number of aryl methyl sites for hydroxylation is 1. The van der Waals surface area contributed by atoms with Crippen LogP contribution in [0.1, 0.15) is 19.3 Å². The Morgan fingerprint density at radius 1 is 1.17 bits per heavy atom. The van der Waals surface area contributed by atoms with E-state index < -0.39 is 0 Å². The van der Waals surface area contributed by atoms with Gasteiger partial charge in [-0.25, -0.2) is 4.98 Å². The molecule has 2 aromatic carbocycles. The lowest BCUT2D eigenvalue weighted by Crippen LogP contribution is -2.19. The Hall–Kier alpha value is -2.33. The van der Waals surface area contributed by atoms with Gasteiger partial charge in [-0.15, -0.1) is 0 Å². The number of aromatic hydroxyl groups is 1. The summed E-state index contributed by atoms with van der Waals surface area (Å²) in [4.78, 5) is 4.56. The normalized spacial score (nSPS) is 18.1. The van der Waals surface area contributed by atoms with Crippen LogP contribution in [-0.4, -0.2) is 27.9 Å². The minimum Gasteiger partial charge on any atom is -0.508 e. The topological polar surface area (TPSA) is 47.3 Å². The number of hydrogen-bond acceptors (Lipinski definition) is 3. The van der Waals surface area contributed by atoms with Gasteiger partial charge in [0.05, 0.1) is 0 Å². The second kappa shape index (κ2) is 6.65. The molecule has 1 aliphatic heterocycles. The lowest BCUT2D eigenvalue weighted by molar-refractivity contribution is 0.0501. The molecule has 4 rings (SSSR count). The van der Waals surface area contributed by atoms with Gasteiger partial charge in [-0.2, -0.15) is 0 Å². The largest absolute Gasteiger partial charge is 0.508 e. The maximum Gasteiger partial charge on any atom is 0.139 e. The summed E-state index contributed by atoms with van der Waals surface area (Å²) in [5.41, 5.74) is 1.11. The molecule has 0 radical (unpaired) electrons. The van der Waals surface area contributed by atoms with Crippen LogP contribution in [0.5, 0.6) is 5.75 Å². The van der Waals surface area contributed by atoms with Crippen LogP contribution in [0, 0.1) is 5.92 Å². The second-order valence-corrected chi connectivity index (χ2v) is 6.56. The molecular weight excluding hydrogens is 300 g/mol. The van der Waals surface area contributed by atoms with E-state index >= 15 is 0 Å². The standard InChI is InChI=1S/C20H22N2O2/c23-19-6-5-16-12-18(4-3-17(16)13-19)20-21-8-10-22(20)9-7-15-2-1-11-24-14-15/h3-6,8,10,12-13,15,23H,1-2,7,9,11,14H2. The van der Waals surface area contributed by atoms with E-state index in [1.165, 1.54) is 12.8 Å². The Bertz CT molecular complexity index is 835. The van der Waals surface area contributed by atoms with Gasteiger partial charge in [0.1, 0.15) is 11.6 Å². The molecule has 1 unspecified atom stereocenters. The number of phenols is 1. The maximum atomic E-state index is 9.59. The summed E-state index contributed by atoms with van der Waals surface area (Å²) in [7, 11) is 0. The molecule has 4 nitrogen and oxygen atoms in total. The van der Waals surface area contributed by atoms with E-state index in [-0.39, 0.29) is 0 Å². The second-order valence-electron chi connectivity index (χ2n) is 6.56. The molecule has 1 fully saturated rings. The minimum atomic E-state index is 0.298. The van der Waals surface area contributed by atoms with Crippen LogP contribution >= 0.6 is 0 Å². The molecule has 1 saturated heterocycles. The van der Waals surface area contributed by atoms with Gasteiger partial charge in [0.25, 0.3) is 0 Å². The summed E-state index contributed by atoms with van der Waals surface area (Å²) < 4.78 is 7.81. The van der Waals surface area contributed by atoms with Crippen molar-refractivity contribution in [3.63, 3.8) is 0 Å². The van der Waals surface area contributed by atoms with Crippen LogP contribution in [0.3, 0.4) is 0 Å². The molecule has 0 saturated carbocycles. The van der Waals surface area contributed by atoms with Gasteiger partial charge in [-0.05, 0) is 54.2 Å². The summed E-state index contributed by atoms with van der Waals surface area (Å²) in [6, 6.07) is 11.7. The van der Waals surface area contributed by atoms with E-state index in [9.17, 15) is 5.11 Å². The fourth-order valence-corrected chi connectivity index (χ4v) is 3.48. The molecule has 1 aliphatic rings. The Morgan fingerprint density at radius 2 is 2.04 bits per heavy atom. The van der Waals surface area contributed by atoms with E-state index in [2.05, 4.69) is 27.9 Å². The third-order valence-corrected chi connectivity index (χ3v) is 4.83. The van der Waals surface area contributed by atoms with Crippen LogP contribution in [-0.2, 0) is 11.3 Å². The average Bonchev–Trinajstić information content (AvgIpc) is 3.09. The zero-order valence-corrected chi connectivity index (χ0v) is 13.7. The van der Waals surface area contributed by atoms with Crippen molar-refractivity contribution in [3.8, 4) is 17.1 Å². The van der Waals surface area contributed by atoms with Crippen molar-refractivity contribution >= 4 is 10.8 Å². The van der Waals surface area contributed by atoms with Crippen molar-refractivity contribution in [2.75, 3.05) is 13.2 Å². The Kier molecular flexibility index (Phi) is 4.22. The highest BCUT2D eigenvalue weighted by molar-refractivity contribution is 5.87. The number of fused-ring (bicyclic) bond motifs is 1. The van der Waals surface area contributed by atoms with Crippen molar-refractivity contribution in [3.05, 3.63) is 48.8 Å². The third-order valence-electron chi connectivity index (χ3n) is 4.83. The van der Waals surface area contributed by atoms with Crippen LogP contribution in [0.25, 0.3) is 22.2 Å². The number of aromatic nitrogens is 2. The molecule has 1 aromatic heterocycles. The van der Waals surface area contributed by atoms with Gasteiger partial charge in [0.15, 0.2) is 0 Å². The number of benzene rings is 2. The first kappa shape index (κ1) is 15.2. The zero-order chi connectivity index (χ0) is 16.4. The molecular formula is C20H22N2O2. The molecule has 2 heterocycles. The predicted molar refractivity (Wildman–Crippen MR) is 95.0 cm³/mol. The Morgan fingerprint density at radius 3 is 2.92 bits per heavy atom. The molecule has 1 N–H and O–H groups in total. The number of phenolic OH excluding ortho intramolecular Hbond substituents is 1. The first-order chi connectivity index (χ1) is 11.8. The first-order valence-corrected chi connectivity index (χ1v) is 8.61. The SMILES string of the molecule is Oc1ccc2cc(-c3nccn3CCC3CCCOC3)ccc2c1. The summed E-state index contributed by atoms with van der Waals surface area (Å²) in [5.74, 6) is 1.96. The van der Waals surface area contributed by atoms with Crippen LogP contribution in [0.4, 0.5) is 0 Å². The van der Waals surface area contributed by atoms with E-state index in [1.807, 2.05) is 18.3 Å². The van der Waals surface area contributed by atoms with Crippen molar-refractivity contribution in [2.24, 2.45) is 5.92 Å². The first-order valence-electron chi connectivity index (χ1n) is 8.61. The van der Waals surface area contributed by atoms with Crippen molar-refractivity contribution in [2.45, 2.75) is 25.8 Å². The molecule has 0 bridgehead atoms. The summed E-state index contributed by atoms with van der Waals surface area (Å²) in [5, 5.41) is 11.7. The van der Waals surface area contributed by atoms with Gasteiger partial charge >= 0.3 is 0 Å². The lowest BCUT2D eigenvalue weighted by Gasteiger charge is -2.22.